The van der Waals surface area contributed by atoms with E-state index in [1.54, 1.807) is 10.8 Å². The Hall–Kier alpha value is -1.96. The van der Waals surface area contributed by atoms with E-state index in [1.165, 1.54) is 30.1 Å². The van der Waals surface area contributed by atoms with E-state index >= 15 is 0 Å². The largest absolute Gasteiger partial charge is 0.465 e. The van der Waals surface area contributed by atoms with Gasteiger partial charge in [-0.05, 0) is 30.7 Å². The van der Waals surface area contributed by atoms with Crippen molar-refractivity contribution in [2.24, 2.45) is 0 Å². The number of benzene rings is 1. The van der Waals surface area contributed by atoms with Crippen molar-refractivity contribution in [3.05, 3.63) is 42.2 Å². The number of ether oxygens (including phenoxy) is 1. The van der Waals surface area contributed by atoms with E-state index < -0.39 is 11.7 Å². The van der Waals surface area contributed by atoms with E-state index in [9.17, 15) is 18.0 Å². The van der Waals surface area contributed by atoms with Crippen LogP contribution in [0, 0.1) is 0 Å². The van der Waals surface area contributed by atoms with Crippen LogP contribution in [0.2, 0.25) is 0 Å². The fraction of sp³-hybridized carbons (Fsp3) is 0.333. The molecule has 0 unspecified atom stereocenters. The first-order chi connectivity index (χ1) is 10.9. The fourth-order valence-corrected chi connectivity index (χ4v) is 2.56. The maximum absolute atomic E-state index is 12.6. The average Bonchev–Trinajstić information content (AvgIpc) is 2.98. The predicted molar refractivity (Wildman–Crippen MR) is 80.5 cm³/mol. The number of thioether (sulfide) groups is 1. The summed E-state index contributed by atoms with van der Waals surface area (Å²) in [7, 11) is 0. The number of carbonyl (C=O) groups excluding carboxylic acids is 1. The molecule has 0 aliphatic heterocycles. The molecule has 0 radical (unpaired) electrons. The lowest BCUT2D eigenvalue weighted by molar-refractivity contribution is -0.140. The summed E-state index contributed by atoms with van der Waals surface area (Å²) in [5.74, 6) is -0.253. The molecule has 0 N–H and O–H groups in total. The lowest BCUT2D eigenvalue weighted by Gasteiger charge is -2.10. The highest BCUT2D eigenvalue weighted by Crippen LogP contribution is 2.30. The number of esters is 1. The van der Waals surface area contributed by atoms with Crippen LogP contribution in [0.1, 0.15) is 18.9 Å². The summed E-state index contributed by atoms with van der Waals surface area (Å²) in [6.45, 7) is 2.27. The van der Waals surface area contributed by atoms with Crippen molar-refractivity contribution in [2.75, 3.05) is 12.4 Å². The van der Waals surface area contributed by atoms with Gasteiger partial charge in [-0.2, -0.15) is 13.2 Å². The first-order valence-corrected chi connectivity index (χ1v) is 7.89. The van der Waals surface area contributed by atoms with Gasteiger partial charge >= 0.3 is 12.1 Å². The number of alkyl halides is 3. The van der Waals surface area contributed by atoms with E-state index in [4.69, 9.17) is 4.74 Å². The van der Waals surface area contributed by atoms with Gasteiger partial charge in [0, 0.05) is 18.1 Å². The molecule has 0 aliphatic carbocycles. The lowest BCUT2D eigenvalue weighted by Crippen LogP contribution is -2.09. The normalized spacial score (nSPS) is 11.5. The quantitative estimate of drug-likeness (QED) is 0.588. The Kier molecular flexibility index (Phi) is 5.70. The second-order valence-corrected chi connectivity index (χ2v) is 5.58. The Bertz CT molecular complexity index is 653. The number of aromatic nitrogens is 2. The maximum Gasteiger partial charge on any atom is 0.416 e. The van der Waals surface area contributed by atoms with Gasteiger partial charge in [-0.15, -0.1) is 0 Å². The second kappa shape index (κ2) is 7.54. The van der Waals surface area contributed by atoms with Crippen LogP contribution in [-0.4, -0.2) is 27.9 Å². The number of rotatable bonds is 6. The second-order valence-electron chi connectivity index (χ2n) is 4.63. The van der Waals surface area contributed by atoms with Crippen molar-refractivity contribution >= 4 is 17.7 Å². The molecule has 8 heteroatoms. The number of halogens is 3. The van der Waals surface area contributed by atoms with Gasteiger partial charge in [0.15, 0.2) is 5.16 Å². The number of hydrogen-bond donors (Lipinski definition) is 0. The average molecular weight is 344 g/mol. The molecule has 2 aromatic rings. The van der Waals surface area contributed by atoms with Crippen molar-refractivity contribution < 1.29 is 22.7 Å². The molecule has 1 aromatic heterocycles. The molecular formula is C15H15F3N2O2S. The van der Waals surface area contributed by atoms with Crippen LogP contribution in [-0.2, 0) is 15.7 Å². The highest BCUT2D eigenvalue weighted by Gasteiger charge is 2.30. The molecule has 0 bridgehead atoms. The third kappa shape index (κ3) is 4.75. The zero-order valence-corrected chi connectivity index (χ0v) is 13.2. The molecule has 0 atom stereocenters. The Morgan fingerprint density at radius 1 is 1.30 bits per heavy atom. The molecule has 0 saturated carbocycles. The SMILES string of the molecule is CCCOC(=O)CSc1nccn1-c1ccc(C(F)(F)F)cc1. The number of imidazole rings is 1. The molecule has 0 saturated heterocycles. The summed E-state index contributed by atoms with van der Waals surface area (Å²) in [5.41, 5.74) is -0.168. The highest BCUT2D eigenvalue weighted by molar-refractivity contribution is 7.99. The van der Waals surface area contributed by atoms with Gasteiger partial charge in [-0.25, -0.2) is 4.98 Å². The molecule has 0 spiro atoms. The fourth-order valence-electron chi connectivity index (χ4n) is 1.79. The van der Waals surface area contributed by atoms with Gasteiger partial charge < -0.3 is 4.74 Å². The summed E-state index contributed by atoms with van der Waals surface area (Å²) in [6.07, 6.45) is -0.468. The van der Waals surface area contributed by atoms with Crippen LogP contribution in [0.3, 0.4) is 0 Å². The van der Waals surface area contributed by atoms with Crippen LogP contribution in [0.25, 0.3) is 5.69 Å². The van der Waals surface area contributed by atoms with Crippen LogP contribution < -0.4 is 0 Å². The van der Waals surface area contributed by atoms with Crippen LogP contribution in [0.5, 0.6) is 0 Å². The summed E-state index contributed by atoms with van der Waals surface area (Å²) in [6, 6.07) is 4.76. The molecule has 1 aromatic carbocycles. The zero-order chi connectivity index (χ0) is 16.9. The van der Waals surface area contributed by atoms with E-state index in [2.05, 4.69) is 4.98 Å². The predicted octanol–water partition coefficient (Wildman–Crippen LogP) is 3.94. The number of nitrogens with zero attached hydrogens (tertiary/aromatic N) is 2. The molecule has 0 amide bonds. The van der Waals surface area contributed by atoms with E-state index in [0.717, 1.165) is 18.6 Å². The maximum atomic E-state index is 12.6. The van der Waals surface area contributed by atoms with E-state index in [0.29, 0.717) is 17.5 Å². The first-order valence-electron chi connectivity index (χ1n) is 6.91. The molecule has 2 rings (SSSR count). The van der Waals surface area contributed by atoms with E-state index in [-0.39, 0.29) is 11.7 Å². The third-order valence-electron chi connectivity index (χ3n) is 2.87. The molecule has 1 heterocycles. The Labute approximate surface area is 135 Å². The first kappa shape index (κ1) is 17.4. The Morgan fingerprint density at radius 3 is 2.61 bits per heavy atom. The molecule has 0 fully saturated rings. The smallest absolute Gasteiger partial charge is 0.416 e. The van der Waals surface area contributed by atoms with Crippen LogP contribution >= 0.6 is 11.8 Å². The topological polar surface area (TPSA) is 44.1 Å². The molecule has 0 aliphatic rings. The summed E-state index contributed by atoms with van der Waals surface area (Å²) >= 11 is 1.17. The van der Waals surface area contributed by atoms with Crippen LogP contribution in [0.4, 0.5) is 13.2 Å². The van der Waals surface area contributed by atoms with Gasteiger partial charge in [-0.3, -0.25) is 9.36 Å². The van der Waals surface area contributed by atoms with Crippen molar-refractivity contribution in [1.82, 2.24) is 9.55 Å². The molecule has 23 heavy (non-hydrogen) atoms. The minimum absolute atomic E-state index is 0.0949. The third-order valence-corrected chi connectivity index (χ3v) is 3.81. The monoisotopic (exact) mass is 344 g/mol. The minimum atomic E-state index is -4.37. The van der Waals surface area contributed by atoms with Gasteiger partial charge in [-0.1, -0.05) is 18.7 Å². The zero-order valence-electron chi connectivity index (χ0n) is 12.3. The van der Waals surface area contributed by atoms with Crippen molar-refractivity contribution in [3.8, 4) is 5.69 Å². The van der Waals surface area contributed by atoms with Gasteiger partial charge in [0.05, 0.1) is 17.9 Å². The Morgan fingerprint density at radius 2 is 2.00 bits per heavy atom. The summed E-state index contributed by atoms with van der Waals surface area (Å²) in [4.78, 5) is 15.6. The van der Waals surface area contributed by atoms with Gasteiger partial charge in [0.2, 0.25) is 0 Å². The van der Waals surface area contributed by atoms with Gasteiger partial charge in [0.25, 0.3) is 0 Å². The number of carbonyl (C=O) groups is 1. The van der Waals surface area contributed by atoms with Crippen molar-refractivity contribution in [1.29, 1.82) is 0 Å². The lowest BCUT2D eigenvalue weighted by atomic mass is 10.2. The van der Waals surface area contributed by atoms with Crippen LogP contribution in [0.15, 0.2) is 41.8 Å². The van der Waals surface area contributed by atoms with Crippen molar-refractivity contribution in [3.63, 3.8) is 0 Å². The Balaban J connectivity index is 2.07. The standard InChI is InChI=1S/C15H15F3N2O2S/c1-2-9-22-13(21)10-23-14-19-7-8-20(14)12-5-3-11(4-6-12)15(16,17)18/h3-8H,2,9-10H2,1H3. The minimum Gasteiger partial charge on any atom is -0.465 e. The summed E-state index contributed by atoms with van der Waals surface area (Å²) in [5, 5.41) is 0.512. The molecule has 124 valence electrons. The highest BCUT2D eigenvalue weighted by atomic mass is 32.2. The molecule has 4 nitrogen and oxygen atoms in total. The van der Waals surface area contributed by atoms with Crippen molar-refractivity contribution in [2.45, 2.75) is 24.7 Å². The number of hydrogen-bond acceptors (Lipinski definition) is 4. The van der Waals surface area contributed by atoms with E-state index in [1.807, 2.05) is 6.92 Å². The van der Waals surface area contributed by atoms with Gasteiger partial charge in [0.1, 0.15) is 0 Å². The molecular weight excluding hydrogens is 329 g/mol. The summed E-state index contributed by atoms with van der Waals surface area (Å²) < 4.78 is 44.3.